The van der Waals surface area contributed by atoms with Gasteiger partial charge in [0, 0.05) is 36.6 Å². The normalized spacial score (nSPS) is 17.5. The highest BCUT2D eigenvalue weighted by molar-refractivity contribution is 5.99. The van der Waals surface area contributed by atoms with Crippen LogP contribution in [0.5, 0.6) is 0 Å². The summed E-state index contributed by atoms with van der Waals surface area (Å²) in [5, 5.41) is 3.02. The van der Waals surface area contributed by atoms with Crippen LogP contribution in [-0.2, 0) is 0 Å². The van der Waals surface area contributed by atoms with Gasteiger partial charge in [0.25, 0.3) is 5.91 Å². The summed E-state index contributed by atoms with van der Waals surface area (Å²) in [5.41, 5.74) is 2.14. The molecule has 1 unspecified atom stereocenters. The Hall–Kier alpha value is -2.56. The molecule has 2 aromatic rings. The number of nitrogens with zero attached hydrogens (tertiary/aromatic N) is 1. The number of aromatic amines is 1. The molecular weight excluding hydrogens is 278 g/mol. The van der Waals surface area contributed by atoms with Gasteiger partial charge in [0.2, 0.25) is 0 Å². The fraction of sp³-hybridized carbons (Fsp3) is 0.294. The molecule has 1 aliphatic rings. The molecule has 0 saturated carbocycles. The lowest BCUT2D eigenvalue weighted by molar-refractivity contribution is 0.0935. The van der Waals surface area contributed by atoms with Crippen molar-refractivity contribution in [3.8, 4) is 0 Å². The first-order chi connectivity index (χ1) is 10.6. The number of hydrogen-bond donors (Lipinski definition) is 2. The number of rotatable bonds is 4. The highest BCUT2D eigenvalue weighted by atomic mass is 16.2. The van der Waals surface area contributed by atoms with Gasteiger partial charge in [0.05, 0.1) is 0 Å². The number of anilines is 1. The predicted molar refractivity (Wildman–Crippen MR) is 85.3 cm³/mol. The van der Waals surface area contributed by atoms with Crippen molar-refractivity contribution in [3.63, 3.8) is 0 Å². The molecule has 5 nitrogen and oxygen atoms in total. The maximum atomic E-state index is 12.2. The van der Waals surface area contributed by atoms with Crippen molar-refractivity contribution >= 4 is 17.4 Å². The van der Waals surface area contributed by atoms with Crippen LogP contribution in [0.25, 0.3) is 0 Å². The van der Waals surface area contributed by atoms with Crippen molar-refractivity contribution in [2.24, 2.45) is 0 Å². The molecule has 1 aliphatic heterocycles. The second-order valence-corrected chi connectivity index (χ2v) is 5.60. The molecule has 0 bridgehead atoms. The molecule has 1 saturated heterocycles. The Morgan fingerprint density at radius 2 is 2.05 bits per heavy atom. The van der Waals surface area contributed by atoms with E-state index in [1.165, 1.54) is 12.6 Å². The van der Waals surface area contributed by atoms with Crippen LogP contribution in [0.4, 0.5) is 5.69 Å². The van der Waals surface area contributed by atoms with E-state index in [0.717, 1.165) is 19.5 Å². The second kappa shape index (κ2) is 6.05. The number of nitrogens with one attached hydrogen (secondary N) is 2. The number of para-hydroxylation sites is 1. The zero-order valence-electron chi connectivity index (χ0n) is 12.5. The maximum absolute atomic E-state index is 12.2. The predicted octanol–water partition coefficient (Wildman–Crippen LogP) is 2.23. The number of carbonyl (C=O) groups excluding carboxylic acids is 2. The Balaban J connectivity index is 1.60. The fourth-order valence-corrected chi connectivity index (χ4v) is 2.74. The number of hydrogen-bond acceptors (Lipinski definition) is 3. The molecule has 1 fully saturated rings. The molecule has 2 N–H and O–H groups in total. The van der Waals surface area contributed by atoms with Gasteiger partial charge in [-0.1, -0.05) is 18.2 Å². The van der Waals surface area contributed by atoms with Crippen LogP contribution in [0.1, 0.15) is 34.2 Å². The number of H-pyrrole nitrogens is 1. The summed E-state index contributed by atoms with van der Waals surface area (Å²) in [7, 11) is 0. The molecule has 114 valence electrons. The summed E-state index contributed by atoms with van der Waals surface area (Å²) >= 11 is 0. The second-order valence-electron chi connectivity index (χ2n) is 5.60. The Morgan fingerprint density at radius 1 is 1.27 bits per heavy atom. The number of benzene rings is 1. The molecule has 1 amide bonds. The highest BCUT2D eigenvalue weighted by Gasteiger charge is 2.24. The fourth-order valence-electron chi connectivity index (χ4n) is 2.74. The highest BCUT2D eigenvalue weighted by Crippen LogP contribution is 2.19. The van der Waals surface area contributed by atoms with Gasteiger partial charge in [-0.05, 0) is 31.5 Å². The van der Waals surface area contributed by atoms with E-state index in [9.17, 15) is 9.59 Å². The molecule has 2 heterocycles. The van der Waals surface area contributed by atoms with Crippen LogP contribution in [-0.4, -0.2) is 35.8 Å². The Labute approximate surface area is 129 Å². The average Bonchev–Trinajstić information content (AvgIpc) is 3.17. The van der Waals surface area contributed by atoms with E-state index in [1.54, 1.807) is 12.3 Å². The summed E-state index contributed by atoms with van der Waals surface area (Å²) in [6.45, 7) is 3.22. The van der Waals surface area contributed by atoms with E-state index in [4.69, 9.17) is 0 Å². The first-order valence-corrected chi connectivity index (χ1v) is 7.43. The van der Waals surface area contributed by atoms with Gasteiger partial charge in [-0.2, -0.15) is 0 Å². The number of ketones is 1. The largest absolute Gasteiger partial charge is 0.369 e. The molecular formula is C17H19N3O2. The SMILES string of the molecule is CC(=O)c1c[nH]c(C(=O)NC2CCN(c3ccccc3)C2)c1. The van der Waals surface area contributed by atoms with Crippen molar-refractivity contribution in [2.75, 3.05) is 18.0 Å². The molecule has 5 heteroatoms. The first kappa shape index (κ1) is 14.4. The molecule has 3 rings (SSSR count). The Morgan fingerprint density at radius 3 is 2.73 bits per heavy atom. The monoisotopic (exact) mass is 297 g/mol. The third kappa shape index (κ3) is 3.03. The Bertz CT molecular complexity index is 678. The van der Waals surface area contributed by atoms with Crippen molar-refractivity contribution in [3.05, 3.63) is 53.9 Å². The number of Topliss-reactive ketones (excluding diaryl/α,β-unsaturated/α-hetero) is 1. The summed E-state index contributed by atoms with van der Waals surface area (Å²) in [4.78, 5) is 28.6. The van der Waals surface area contributed by atoms with Crippen LogP contribution in [0.3, 0.4) is 0 Å². The minimum Gasteiger partial charge on any atom is -0.369 e. The molecule has 0 radical (unpaired) electrons. The lowest BCUT2D eigenvalue weighted by atomic mass is 10.2. The summed E-state index contributed by atoms with van der Waals surface area (Å²) in [6.07, 6.45) is 2.49. The third-order valence-corrected chi connectivity index (χ3v) is 3.98. The van der Waals surface area contributed by atoms with Crippen LogP contribution >= 0.6 is 0 Å². The minimum absolute atomic E-state index is 0.0496. The van der Waals surface area contributed by atoms with Crippen LogP contribution in [0, 0.1) is 0 Å². The van der Waals surface area contributed by atoms with E-state index >= 15 is 0 Å². The topological polar surface area (TPSA) is 65.2 Å². The van der Waals surface area contributed by atoms with Crippen molar-refractivity contribution in [2.45, 2.75) is 19.4 Å². The van der Waals surface area contributed by atoms with Gasteiger partial charge in [-0.15, -0.1) is 0 Å². The van der Waals surface area contributed by atoms with E-state index < -0.39 is 0 Å². The standard InChI is InChI=1S/C17H19N3O2/c1-12(21)13-9-16(18-10-13)17(22)19-14-7-8-20(11-14)15-5-3-2-4-6-15/h2-6,9-10,14,18H,7-8,11H2,1H3,(H,19,22). The molecule has 0 spiro atoms. The lowest BCUT2D eigenvalue weighted by Crippen LogP contribution is -2.37. The summed E-state index contributed by atoms with van der Waals surface area (Å²) < 4.78 is 0. The smallest absolute Gasteiger partial charge is 0.267 e. The van der Waals surface area contributed by atoms with Gasteiger partial charge in [-0.3, -0.25) is 9.59 Å². The number of carbonyl (C=O) groups is 2. The quantitative estimate of drug-likeness (QED) is 0.851. The molecule has 1 aromatic heterocycles. The third-order valence-electron chi connectivity index (χ3n) is 3.98. The molecule has 1 aromatic carbocycles. The summed E-state index contributed by atoms with van der Waals surface area (Å²) in [5.74, 6) is -0.209. The minimum atomic E-state index is -0.160. The number of amides is 1. The Kier molecular flexibility index (Phi) is 3.96. The van der Waals surface area contributed by atoms with Gasteiger partial charge < -0.3 is 15.2 Å². The van der Waals surface area contributed by atoms with E-state index in [0.29, 0.717) is 11.3 Å². The van der Waals surface area contributed by atoms with Crippen LogP contribution in [0.15, 0.2) is 42.6 Å². The van der Waals surface area contributed by atoms with Crippen molar-refractivity contribution < 1.29 is 9.59 Å². The van der Waals surface area contributed by atoms with Crippen LogP contribution < -0.4 is 10.2 Å². The van der Waals surface area contributed by atoms with Crippen molar-refractivity contribution in [1.82, 2.24) is 10.3 Å². The maximum Gasteiger partial charge on any atom is 0.267 e. The van der Waals surface area contributed by atoms with Gasteiger partial charge in [0.15, 0.2) is 5.78 Å². The number of aromatic nitrogens is 1. The zero-order valence-corrected chi connectivity index (χ0v) is 12.5. The molecule has 22 heavy (non-hydrogen) atoms. The average molecular weight is 297 g/mol. The van der Waals surface area contributed by atoms with Gasteiger partial charge >= 0.3 is 0 Å². The van der Waals surface area contributed by atoms with Gasteiger partial charge in [-0.25, -0.2) is 0 Å². The van der Waals surface area contributed by atoms with Crippen LogP contribution in [0.2, 0.25) is 0 Å². The molecule has 1 atom stereocenters. The van der Waals surface area contributed by atoms with E-state index in [-0.39, 0.29) is 17.7 Å². The first-order valence-electron chi connectivity index (χ1n) is 7.43. The van der Waals surface area contributed by atoms with E-state index in [1.807, 2.05) is 18.2 Å². The van der Waals surface area contributed by atoms with Crippen molar-refractivity contribution in [1.29, 1.82) is 0 Å². The lowest BCUT2D eigenvalue weighted by Gasteiger charge is -2.18. The zero-order chi connectivity index (χ0) is 15.5. The van der Waals surface area contributed by atoms with Gasteiger partial charge in [0.1, 0.15) is 5.69 Å². The van der Waals surface area contributed by atoms with E-state index in [2.05, 4.69) is 27.3 Å². The summed E-state index contributed by atoms with van der Waals surface area (Å²) in [6, 6.07) is 11.9. The molecule has 0 aliphatic carbocycles.